The third kappa shape index (κ3) is 2.63. The van der Waals surface area contributed by atoms with Gasteiger partial charge in [0.2, 0.25) is 10.0 Å². The van der Waals surface area contributed by atoms with Gasteiger partial charge in [0.1, 0.15) is 17.2 Å². The lowest BCUT2D eigenvalue weighted by Gasteiger charge is -2.38. The van der Waals surface area contributed by atoms with E-state index in [0.29, 0.717) is 37.0 Å². The van der Waals surface area contributed by atoms with Gasteiger partial charge in [0.25, 0.3) is 0 Å². The lowest BCUT2D eigenvalue weighted by Crippen LogP contribution is -2.44. The Labute approximate surface area is 131 Å². The van der Waals surface area contributed by atoms with Gasteiger partial charge in [-0.1, -0.05) is 6.92 Å². The summed E-state index contributed by atoms with van der Waals surface area (Å²) in [5, 5.41) is 0. The molecule has 1 fully saturated rings. The molecule has 6 heteroatoms. The summed E-state index contributed by atoms with van der Waals surface area (Å²) in [6.07, 6.45) is 2.47. The number of nitrogens with one attached hydrogen (secondary N) is 1. The van der Waals surface area contributed by atoms with Crippen LogP contribution in [0.4, 0.5) is 4.39 Å². The van der Waals surface area contributed by atoms with E-state index in [-0.39, 0.29) is 5.82 Å². The summed E-state index contributed by atoms with van der Waals surface area (Å²) >= 11 is 0. The highest BCUT2D eigenvalue weighted by atomic mass is 32.2. The molecule has 1 atom stereocenters. The van der Waals surface area contributed by atoms with Gasteiger partial charge >= 0.3 is 0 Å². The minimum absolute atomic E-state index is 0.386. The molecule has 1 saturated carbocycles. The van der Waals surface area contributed by atoms with Crippen LogP contribution in [0, 0.1) is 5.82 Å². The third-order valence-electron chi connectivity index (χ3n) is 4.75. The summed E-state index contributed by atoms with van der Waals surface area (Å²) < 4.78 is 46.9. The second kappa shape index (κ2) is 4.93. The van der Waals surface area contributed by atoms with Gasteiger partial charge in [0, 0.05) is 12.0 Å². The largest absolute Gasteiger partial charge is 0.487 e. The molecular weight excluding hydrogens is 305 g/mol. The maximum Gasteiger partial charge on any atom is 0.217 e. The first-order valence-corrected chi connectivity index (χ1v) is 9.17. The lowest BCUT2D eigenvalue weighted by molar-refractivity contribution is 0.0698. The van der Waals surface area contributed by atoms with Crippen molar-refractivity contribution in [3.05, 3.63) is 29.6 Å². The molecule has 1 aliphatic heterocycles. The Morgan fingerprint density at radius 1 is 1.36 bits per heavy atom. The van der Waals surface area contributed by atoms with Crippen LogP contribution in [0.15, 0.2) is 18.2 Å². The topological polar surface area (TPSA) is 55.4 Å². The number of sulfonamides is 1. The molecule has 1 heterocycles. The SMILES string of the molecule is CCC1(S(=O)(=O)NC2CC(C)(C)Oc3ccc(F)cc32)CC1. The fourth-order valence-electron chi connectivity index (χ4n) is 3.19. The Balaban J connectivity index is 1.95. The van der Waals surface area contributed by atoms with Gasteiger partial charge < -0.3 is 4.74 Å². The number of benzene rings is 1. The van der Waals surface area contributed by atoms with Crippen molar-refractivity contribution in [1.29, 1.82) is 0 Å². The van der Waals surface area contributed by atoms with Gasteiger partial charge in [-0.25, -0.2) is 17.5 Å². The first-order chi connectivity index (χ1) is 10.2. The first-order valence-electron chi connectivity index (χ1n) is 7.68. The van der Waals surface area contributed by atoms with Gasteiger partial charge in [-0.05, 0) is 51.3 Å². The van der Waals surface area contributed by atoms with Crippen LogP contribution in [0.5, 0.6) is 5.75 Å². The third-order valence-corrected chi connectivity index (χ3v) is 7.18. The van der Waals surface area contributed by atoms with E-state index < -0.39 is 26.4 Å². The molecule has 0 amide bonds. The fourth-order valence-corrected chi connectivity index (χ4v) is 5.05. The minimum Gasteiger partial charge on any atom is -0.487 e. The molecule has 1 unspecified atom stereocenters. The summed E-state index contributed by atoms with van der Waals surface area (Å²) in [4.78, 5) is 0. The molecule has 22 heavy (non-hydrogen) atoms. The molecule has 1 N–H and O–H groups in total. The Bertz CT molecular complexity index is 695. The minimum atomic E-state index is -3.43. The molecular formula is C16H22FNO3S. The molecule has 0 aromatic heterocycles. The van der Waals surface area contributed by atoms with Gasteiger partial charge in [-0.2, -0.15) is 0 Å². The van der Waals surface area contributed by atoms with Crippen LogP contribution in [0.1, 0.15) is 58.1 Å². The molecule has 1 aromatic carbocycles. The molecule has 3 rings (SSSR count). The second-order valence-electron chi connectivity index (χ2n) is 6.96. The van der Waals surface area contributed by atoms with Gasteiger partial charge in [0.15, 0.2) is 0 Å². The van der Waals surface area contributed by atoms with Crippen molar-refractivity contribution in [3.8, 4) is 5.75 Å². The van der Waals surface area contributed by atoms with Crippen molar-refractivity contribution in [3.63, 3.8) is 0 Å². The second-order valence-corrected chi connectivity index (χ2v) is 9.07. The van der Waals surface area contributed by atoms with E-state index >= 15 is 0 Å². The zero-order chi connectivity index (χ0) is 16.2. The summed E-state index contributed by atoms with van der Waals surface area (Å²) in [6, 6.07) is 3.81. The lowest BCUT2D eigenvalue weighted by atomic mass is 9.90. The van der Waals surface area contributed by atoms with Crippen molar-refractivity contribution in [2.24, 2.45) is 0 Å². The molecule has 0 spiro atoms. The average Bonchev–Trinajstić information content (AvgIpc) is 3.20. The van der Waals surface area contributed by atoms with E-state index in [1.54, 1.807) is 6.07 Å². The van der Waals surface area contributed by atoms with Crippen LogP contribution in [0.2, 0.25) is 0 Å². The maximum absolute atomic E-state index is 13.6. The Kier molecular flexibility index (Phi) is 3.53. The average molecular weight is 327 g/mol. The molecule has 1 aromatic rings. The highest BCUT2D eigenvalue weighted by Crippen LogP contribution is 2.48. The predicted molar refractivity (Wildman–Crippen MR) is 82.8 cm³/mol. The van der Waals surface area contributed by atoms with E-state index in [4.69, 9.17) is 4.74 Å². The molecule has 0 bridgehead atoms. The molecule has 4 nitrogen and oxygen atoms in total. The van der Waals surface area contributed by atoms with Crippen LogP contribution >= 0.6 is 0 Å². The smallest absolute Gasteiger partial charge is 0.217 e. The summed E-state index contributed by atoms with van der Waals surface area (Å²) in [7, 11) is -3.43. The number of fused-ring (bicyclic) bond motifs is 1. The number of hydrogen-bond acceptors (Lipinski definition) is 3. The van der Waals surface area contributed by atoms with Crippen molar-refractivity contribution >= 4 is 10.0 Å². The van der Waals surface area contributed by atoms with Crippen LogP contribution in [0.3, 0.4) is 0 Å². The number of hydrogen-bond donors (Lipinski definition) is 1. The standard InChI is InChI=1S/C16H22FNO3S/c1-4-16(7-8-16)22(19,20)18-13-10-15(2,3)21-14-6-5-11(17)9-12(13)14/h5-6,9,13,18H,4,7-8,10H2,1-3H3. The van der Waals surface area contributed by atoms with E-state index in [2.05, 4.69) is 4.72 Å². The molecule has 122 valence electrons. The van der Waals surface area contributed by atoms with Gasteiger partial charge in [-0.15, -0.1) is 0 Å². The van der Waals surface area contributed by atoms with Gasteiger partial charge in [0.05, 0.1) is 10.8 Å². The van der Waals surface area contributed by atoms with E-state index in [0.717, 1.165) is 0 Å². The summed E-state index contributed by atoms with van der Waals surface area (Å²) in [6.45, 7) is 5.72. The number of rotatable bonds is 4. The Morgan fingerprint density at radius 2 is 2.05 bits per heavy atom. The molecule has 1 aliphatic carbocycles. The number of ether oxygens (including phenoxy) is 1. The first kappa shape index (κ1) is 15.7. The van der Waals surface area contributed by atoms with Crippen LogP contribution in [0.25, 0.3) is 0 Å². The molecule has 2 aliphatic rings. The van der Waals surface area contributed by atoms with E-state index in [1.165, 1.54) is 12.1 Å². The highest BCUT2D eigenvalue weighted by Gasteiger charge is 2.54. The van der Waals surface area contributed by atoms with Crippen LogP contribution < -0.4 is 9.46 Å². The van der Waals surface area contributed by atoms with Gasteiger partial charge in [-0.3, -0.25) is 0 Å². The molecule has 0 radical (unpaired) electrons. The predicted octanol–water partition coefficient (Wildman–Crippen LogP) is 3.29. The van der Waals surface area contributed by atoms with E-state index in [1.807, 2.05) is 20.8 Å². The maximum atomic E-state index is 13.6. The summed E-state index contributed by atoms with van der Waals surface area (Å²) in [5.74, 6) is 0.162. The monoisotopic (exact) mass is 327 g/mol. The van der Waals surface area contributed by atoms with Crippen LogP contribution in [-0.4, -0.2) is 18.8 Å². The van der Waals surface area contributed by atoms with Crippen LogP contribution in [-0.2, 0) is 10.0 Å². The van der Waals surface area contributed by atoms with Crippen molar-refractivity contribution < 1.29 is 17.5 Å². The quantitative estimate of drug-likeness (QED) is 0.923. The normalized spacial score (nSPS) is 25.2. The van der Waals surface area contributed by atoms with Crippen molar-refractivity contribution in [2.45, 2.75) is 62.8 Å². The summed E-state index contributed by atoms with van der Waals surface area (Å²) in [5.41, 5.74) is 0.0795. The highest BCUT2D eigenvalue weighted by molar-refractivity contribution is 7.91. The zero-order valence-corrected chi connectivity index (χ0v) is 14.0. The number of halogens is 1. The zero-order valence-electron chi connectivity index (χ0n) is 13.1. The Morgan fingerprint density at radius 3 is 2.64 bits per heavy atom. The van der Waals surface area contributed by atoms with Crippen molar-refractivity contribution in [2.75, 3.05) is 0 Å². The fraction of sp³-hybridized carbons (Fsp3) is 0.625. The Hall–Kier alpha value is -1.14. The van der Waals surface area contributed by atoms with Crippen molar-refractivity contribution in [1.82, 2.24) is 4.72 Å². The molecule has 0 saturated heterocycles. The van der Waals surface area contributed by atoms with E-state index in [9.17, 15) is 12.8 Å².